The van der Waals surface area contributed by atoms with Crippen LogP contribution in [-0.2, 0) is 0 Å². The quantitative estimate of drug-likeness (QED) is 0.925. The molecule has 1 heterocycles. The van der Waals surface area contributed by atoms with E-state index in [1.165, 1.54) is 0 Å². The van der Waals surface area contributed by atoms with Gasteiger partial charge >= 0.3 is 0 Å². The Balaban J connectivity index is 2.42. The number of benzene rings is 1. The van der Waals surface area contributed by atoms with Crippen LogP contribution < -0.4 is 0 Å². The summed E-state index contributed by atoms with van der Waals surface area (Å²) in [6.07, 6.45) is -0.696. The summed E-state index contributed by atoms with van der Waals surface area (Å²) in [7, 11) is 3.87. The van der Waals surface area contributed by atoms with Crippen molar-refractivity contribution in [1.82, 2.24) is 4.90 Å². The number of fused-ring (bicyclic) bond motifs is 1. The van der Waals surface area contributed by atoms with Crippen molar-refractivity contribution in [2.45, 2.75) is 25.5 Å². The van der Waals surface area contributed by atoms with Crippen LogP contribution in [0.4, 0.5) is 0 Å². The maximum Gasteiger partial charge on any atom is 0.135 e. The molecule has 1 N–H and O–H groups in total. The van der Waals surface area contributed by atoms with E-state index in [-0.39, 0.29) is 0 Å². The van der Waals surface area contributed by atoms with Crippen molar-refractivity contribution < 1.29 is 9.52 Å². The molecule has 1 aromatic heterocycles. The minimum atomic E-state index is -0.696. The van der Waals surface area contributed by atoms with Crippen molar-refractivity contribution in [2.75, 3.05) is 14.1 Å². The lowest BCUT2D eigenvalue weighted by Crippen LogP contribution is -2.43. The zero-order valence-corrected chi connectivity index (χ0v) is 11.8. The maximum absolute atomic E-state index is 10.4. The topological polar surface area (TPSA) is 36.6 Å². The fraction of sp³-hybridized carbons (Fsp3) is 0.429. The average molecular weight is 268 g/mol. The molecule has 1 atom stereocenters. The Morgan fingerprint density at radius 1 is 1.28 bits per heavy atom. The summed E-state index contributed by atoms with van der Waals surface area (Å²) in [5.74, 6) is 0.561. The zero-order chi connectivity index (χ0) is 13.5. The van der Waals surface area contributed by atoms with Crippen LogP contribution in [0.15, 0.2) is 28.7 Å². The molecule has 0 bridgehead atoms. The smallest absolute Gasteiger partial charge is 0.135 e. The number of furan rings is 1. The first-order valence-electron chi connectivity index (χ1n) is 5.87. The first-order chi connectivity index (χ1) is 8.32. The molecule has 2 rings (SSSR count). The fourth-order valence-electron chi connectivity index (χ4n) is 1.76. The van der Waals surface area contributed by atoms with Gasteiger partial charge in [0.05, 0.1) is 0 Å². The van der Waals surface area contributed by atoms with Gasteiger partial charge in [-0.1, -0.05) is 11.6 Å². The van der Waals surface area contributed by atoms with Gasteiger partial charge in [0, 0.05) is 15.9 Å². The number of rotatable bonds is 3. The highest BCUT2D eigenvalue weighted by molar-refractivity contribution is 6.31. The van der Waals surface area contributed by atoms with E-state index in [0.29, 0.717) is 10.8 Å². The molecule has 0 fully saturated rings. The Kier molecular flexibility index (Phi) is 3.41. The second kappa shape index (κ2) is 4.57. The molecule has 3 nitrogen and oxygen atoms in total. The Morgan fingerprint density at radius 3 is 2.56 bits per heavy atom. The lowest BCUT2D eigenvalue weighted by atomic mass is 9.94. The van der Waals surface area contributed by atoms with Crippen molar-refractivity contribution in [2.24, 2.45) is 0 Å². The van der Waals surface area contributed by atoms with Crippen LogP contribution >= 0.6 is 11.6 Å². The summed E-state index contributed by atoms with van der Waals surface area (Å²) < 4.78 is 5.69. The van der Waals surface area contributed by atoms with Crippen LogP contribution in [0, 0.1) is 0 Å². The van der Waals surface area contributed by atoms with Crippen LogP contribution in [0.25, 0.3) is 11.0 Å². The lowest BCUT2D eigenvalue weighted by Gasteiger charge is -2.35. The van der Waals surface area contributed by atoms with E-state index in [0.717, 1.165) is 11.0 Å². The van der Waals surface area contributed by atoms with Gasteiger partial charge in [-0.05, 0) is 52.2 Å². The predicted molar refractivity (Wildman–Crippen MR) is 73.9 cm³/mol. The van der Waals surface area contributed by atoms with Crippen molar-refractivity contribution >= 4 is 22.6 Å². The summed E-state index contributed by atoms with van der Waals surface area (Å²) in [5.41, 5.74) is 0.334. The van der Waals surface area contributed by atoms with Crippen molar-refractivity contribution in [3.05, 3.63) is 35.0 Å². The SMILES string of the molecule is CN(C)C(C)(C)C(O)c1cc2cc(Cl)ccc2o1. The minimum absolute atomic E-state index is 0.405. The summed E-state index contributed by atoms with van der Waals surface area (Å²) in [6.45, 7) is 3.94. The van der Waals surface area contributed by atoms with Gasteiger partial charge in [0.25, 0.3) is 0 Å². The highest BCUT2D eigenvalue weighted by atomic mass is 35.5. The number of aliphatic hydroxyl groups excluding tert-OH is 1. The molecule has 0 spiro atoms. The number of hydrogen-bond acceptors (Lipinski definition) is 3. The molecule has 0 aliphatic heterocycles. The van der Waals surface area contributed by atoms with E-state index in [1.54, 1.807) is 6.07 Å². The fourth-order valence-corrected chi connectivity index (χ4v) is 1.94. The van der Waals surface area contributed by atoms with Gasteiger partial charge in [-0.2, -0.15) is 0 Å². The van der Waals surface area contributed by atoms with E-state index in [1.807, 2.05) is 51.0 Å². The third kappa shape index (κ3) is 2.26. The van der Waals surface area contributed by atoms with Crippen molar-refractivity contribution in [3.63, 3.8) is 0 Å². The normalized spacial score (nSPS) is 14.4. The Morgan fingerprint density at radius 2 is 1.94 bits per heavy atom. The summed E-state index contributed by atoms with van der Waals surface area (Å²) >= 11 is 5.94. The Hall–Kier alpha value is -1.03. The van der Waals surface area contributed by atoms with Crippen LogP contribution in [0.5, 0.6) is 0 Å². The van der Waals surface area contributed by atoms with Crippen LogP contribution in [0.1, 0.15) is 25.7 Å². The van der Waals surface area contributed by atoms with Gasteiger partial charge in [0.2, 0.25) is 0 Å². The molecule has 0 radical (unpaired) electrons. The van der Waals surface area contributed by atoms with Gasteiger partial charge in [-0.25, -0.2) is 0 Å². The van der Waals surface area contributed by atoms with Gasteiger partial charge < -0.3 is 14.4 Å². The minimum Gasteiger partial charge on any atom is -0.458 e. The van der Waals surface area contributed by atoms with E-state index in [2.05, 4.69) is 0 Å². The van der Waals surface area contributed by atoms with E-state index < -0.39 is 11.6 Å². The predicted octanol–water partition coefficient (Wildman–Crippen LogP) is 3.46. The molecule has 4 heteroatoms. The largest absolute Gasteiger partial charge is 0.458 e. The zero-order valence-electron chi connectivity index (χ0n) is 11.1. The molecule has 18 heavy (non-hydrogen) atoms. The van der Waals surface area contributed by atoms with Crippen LogP contribution in [0.2, 0.25) is 5.02 Å². The molecule has 0 aliphatic carbocycles. The average Bonchev–Trinajstić information content (AvgIpc) is 2.70. The number of likely N-dealkylation sites (N-methyl/N-ethyl adjacent to an activating group) is 1. The van der Waals surface area contributed by atoms with E-state index >= 15 is 0 Å². The summed E-state index contributed by atoms with van der Waals surface area (Å²) in [6, 6.07) is 7.27. The Bertz CT molecular complexity index is 560. The molecular weight excluding hydrogens is 250 g/mol. The molecule has 0 aliphatic rings. The molecule has 1 unspecified atom stereocenters. The number of nitrogens with zero attached hydrogens (tertiary/aromatic N) is 1. The maximum atomic E-state index is 10.4. The molecule has 98 valence electrons. The third-order valence-corrected chi connectivity index (χ3v) is 3.82. The van der Waals surface area contributed by atoms with Gasteiger partial charge in [0.15, 0.2) is 0 Å². The van der Waals surface area contributed by atoms with Gasteiger partial charge in [-0.3, -0.25) is 0 Å². The highest BCUT2D eigenvalue weighted by Crippen LogP contribution is 2.33. The lowest BCUT2D eigenvalue weighted by molar-refractivity contribution is 0.00362. The Labute approximate surface area is 112 Å². The highest BCUT2D eigenvalue weighted by Gasteiger charge is 2.33. The molecule has 1 aromatic carbocycles. The number of aliphatic hydroxyl groups is 1. The standard InChI is InChI=1S/C14H18ClNO2/c1-14(2,16(3)4)13(17)12-8-9-7-10(15)5-6-11(9)18-12/h5-8,13,17H,1-4H3. The monoisotopic (exact) mass is 267 g/mol. The van der Waals surface area contributed by atoms with Crippen molar-refractivity contribution in [1.29, 1.82) is 0 Å². The second-order valence-corrected chi connectivity index (χ2v) is 5.72. The molecule has 0 saturated heterocycles. The molecule has 0 amide bonds. The molecule has 0 saturated carbocycles. The van der Waals surface area contributed by atoms with Crippen LogP contribution in [-0.4, -0.2) is 29.6 Å². The number of halogens is 1. The second-order valence-electron chi connectivity index (χ2n) is 5.28. The third-order valence-electron chi connectivity index (χ3n) is 3.59. The molecule has 2 aromatic rings. The van der Waals surface area contributed by atoms with Gasteiger partial charge in [0.1, 0.15) is 17.4 Å². The van der Waals surface area contributed by atoms with Gasteiger partial charge in [-0.15, -0.1) is 0 Å². The van der Waals surface area contributed by atoms with E-state index in [9.17, 15) is 5.11 Å². The summed E-state index contributed by atoms with van der Waals surface area (Å²) in [4.78, 5) is 1.97. The molecular formula is C14H18ClNO2. The first-order valence-corrected chi connectivity index (χ1v) is 6.24. The summed E-state index contributed by atoms with van der Waals surface area (Å²) in [5, 5.41) is 12.0. The van der Waals surface area contributed by atoms with Crippen molar-refractivity contribution in [3.8, 4) is 0 Å². The van der Waals surface area contributed by atoms with Crippen LogP contribution in [0.3, 0.4) is 0 Å². The van der Waals surface area contributed by atoms with E-state index in [4.69, 9.17) is 16.0 Å². The number of hydrogen-bond donors (Lipinski definition) is 1. The first kappa shape index (κ1) is 13.4.